The number of nitrogens with one attached hydrogen (secondary N) is 1. The summed E-state index contributed by atoms with van der Waals surface area (Å²) in [6.07, 6.45) is 0. The second-order valence-corrected chi connectivity index (χ2v) is 6.87. The van der Waals surface area contributed by atoms with Gasteiger partial charge in [-0.05, 0) is 30.3 Å². The van der Waals surface area contributed by atoms with Crippen LogP contribution in [-0.2, 0) is 0 Å². The SMILES string of the molecule is COc1ccc2nc(N=Nc3ccc(NCCO)c4ccccc34)sc2c1. The molecule has 0 aliphatic carbocycles. The highest BCUT2D eigenvalue weighted by atomic mass is 32.1. The van der Waals surface area contributed by atoms with Gasteiger partial charge in [-0.3, -0.25) is 0 Å². The van der Waals surface area contributed by atoms with E-state index in [2.05, 4.69) is 20.5 Å². The van der Waals surface area contributed by atoms with Crippen molar-refractivity contribution in [2.24, 2.45) is 10.2 Å². The zero-order valence-corrected chi connectivity index (χ0v) is 15.5. The maximum atomic E-state index is 9.05. The van der Waals surface area contributed by atoms with E-state index >= 15 is 0 Å². The van der Waals surface area contributed by atoms with E-state index in [0.717, 1.165) is 38.1 Å². The van der Waals surface area contributed by atoms with Crippen LogP contribution in [0.5, 0.6) is 5.75 Å². The maximum absolute atomic E-state index is 9.05. The van der Waals surface area contributed by atoms with Crippen molar-refractivity contribution in [2.45, 2.75) is 0 Å². The van der Waals surface area contributed by atoms with Gasteiger partial charge in [0.15, 0.2) is 0 Å². The summed E-state index contributed by atoms with van der Waals surface area (Å²) in [5.74, 6) is 0.798. The van der Waals surface area contributed by atoms with Gasteiger partial charge in [0.05, 0.1) is 29.6 Å². The van der Waals surface area contributed by atoms with Gasteiger partial charge in [0.1, 0.15) is 5.75 Å². The lowest BCUT2D eigenvalue weighted by Gasteiger charge is -2.09. The minimum absolute atomic E-state index is 0.0815. The molecule has 0 saturated heterocycles. The first-order valence-corrected chi connectivity index (χ1v) is 9.33. The van der Waals surface area contributed by atoms with Crippen molar-refractivity contribution in [3.05, 3.63) is 54.6 Å². The van der Waals surface area contributed by atoms with Crippen molar-refractivity contribution in [3.8, 4) is 5.75 Å². The van der Waals surface area contributed by atoms with Gasteiger partial charge in [-0.1, -0.05) is 35.6 Å². The first-order chi connectivity index (χ1) is 13.3. The quantitative estimate of drug-likeness (QED) is 0.448. The molecule has 0 fully saturated rings. The number of aromatic nitrogens is 1. The lowest BCUT2D eigenvalue weighted by molar-refractivity contribution is 0.311. The number of aliphatic hydroxyl groups is 1. The smallest absolute Gasteiger partial charge is 0.231 e. The summed E-state index contributed by atoms with van der Waals surface area (Å²) < 4.78 is 6.26. The molecule has 0 unspecified atom stereocenters. The largest absolute Gasteiger partial charge is 0.497 e. The van der Waals surface area contributed by atoms with Crippen LogP contribution < -0.4 is 10.1 Å². The van der Waals surface area contributed by atoms with E-state index in [0.29, 0.717) is 11.7 Å². The Hall–Kier alpha value is -3.03. The number of anilines is 1. The second kappa shape index (κ2) is 7.69. The van der Waals surface area contributed by atoms with Crippen LogP contribution >= 0.6 is 11.3 Å². The Morgan fingerprint density at radius 3 is 2.74 bits per heavy atom. The summed E-state index contributed by atoms with van der Waals surface area (Å²) in [4.78, 5) is 4.50. The number of nitrogens with zero attached hydrogens (tertiary/aromatic N) is 3. The van der Waals surface area contributed by atoms with Crippen LogP contribution in [0.15, 0.2) is 64.8 Å². The van der Waals surface area contributed by atoms with Crippen LogP contribution in [0.1, 0.15) is 0 Å². The fraction of sp³-hybridized carbons (Fsp3) is 0.150. The molecule has 2 N–H and O–H groups in total. The number of aliphatic hydroxyl groups excluding tert-OH is 1. The van der Waals surface area contributed by atoms with Crippen LogP contribution in [0.25, 0.3) is 21.0 Å². The zero-order valence-electron chi connectivity index (χ0n) is 14.7. The van der Waals surface area contributed by atoms with Crippen molar-refractivity contribution >= 4 is 48.8 Å². The topological polar surface area (TPSA) is 79.1 Å². The molecule has 136 valence electrons. The first-order valence-electron chi connectivity index (χ1n) is 8.51. The molecule has 0 amide bonds. The van der Waals surface area contributed by atoms with Gasteiger partial charge >= 0.3 is 0 Å². The lowest BCUT2D eigenvalue weighted by atomic mass is 10.1. The van der Waals surface area contributed by atoms with Crippen molar-refractivity contribution < 1.29 is 9.84 Å². The van der Waals surface area contributed by atoms with E-state index in [4.69, 9.17) is 9.84 Å². The average molecular weight is 378 g/mol. The molecule has 0 aliphatic heterocycles. The Morgan fingerprint density at radius 1 is 1.07 bits per heavy atom. The predicted octanol–water partition coefficient (Wildman–Crippen LogP) is 5.28. The highest BCUT2D eigenvalue weighted by Gasteiger charge is 2.07. The minimum Gasteiger partial charge on any atom is -0.497 e. The number of fused-ring (bicyclic) bond motifs is 2. The molecule has 4 aromatic rings. The third-order valence-corrected chi connectivity index (χ3v) is 5.06. The Morgan fingerprint density at radius 2 is 1.93 bits per heavy atom. The van der Waals surface area contributed by atoms with E-state index in [9.17, 15) is 0 Å². The van der Waals surface area contributed by atoms with Gasteiger partial charge in [-0.2, -0.15) is 0 Å². The number of hydrogen-bond donors (Lipinski definition) is 2. The maximum Gasteiger partial charge on any atom is 0.231 e. The average Bonchev–Trinajstić information content (AvgIpc) is 3.13. The van der Waals surface area contributed by atoms with Crippen LogP contribution in [0.2, 0.25) is 0 Å². The van der Waals surface area contributed by atoms with Crippen molar-refractivity contribution in [3.63, 3.8) is 0 Å². The van der Waals surface area contributed by atoms with Gasteiger partial charge < -0.3 is 15.2 Å². The van der Waals surface area contributed by atoms with Gasteiger partial charge in [0.25, 0.3) is 0 Å². The zero-order chi connectivity index (χ0) is 18.6. The Labute approximate surface area is 160 Å². The minimum atomic E-state index is 0.0815. The van der Waals surface area contributed by atoms with Crippen molar-refractivity contribution in [2.75, 3.05) is 25.6 Å². The first kappa shape index (κ1) is 17.4. The number of hydrogen-bond acceptors (Lipinski definition) is 7. The summed E-state index contributed by atoms with van der Waals surface area (Å²) in [5, 5.41) is 23.7. The molecule has 0 saturated carbocycles. The molecule has 3 aromatic carbocycles. The molecular weight excluding hydrogens is 360 g/mol. The summed E-state index contributed by atoms with van der Waals surface area (Å²) in [5.41, 5.74) is 2.62. The third-order valence-electron chi connectivity index (χ3n) is 4.16. The van der Waals surface area contributed by atoms with Crippen LogP contribution in [0.3, 0.4) is 0 Å². The van der Waals surface area contributed by atoms with Crippen LogP contribution in [-0.4, -0.2) is 30.4 Å². The number of azo groups is 1. The van der Waals surface area contributed by atoms with E-state index in [-0.39, 0.29) is 6.61 Å². The molecule has 6 nitrogen and oxygen atoms in total. The number of benzene rings is 3. The van der Waals surface area contributed by atoms with Gasteiger partial charge in [-0.15, -0.1) is 10.2 Å². The number of rotatable bonds is 6. The molecule has 0 bridgehead atoms. The number of methoxy groups -OCH3 is 1. The highest BCUT2D eigenvalue weighted by molar-refractivity contribution is 7.21. The number of thiazole rings is 1. The predicted molar refractivity (Wildman–Crippen MR) is 110 cm³/mol. The van der Waals surface area contributed by atoms with Crippen LogP contribution in [0, 0.1) is 0 Å². The molecular formula is C20H18N4O2S. The fourth-order valence-electron chi connectivity index (χ4n) is 2.87. The Bertz CT molecular complexity index is 1120. The second-order valence-electron chi connectivity index (χ2n) is 5.86. The molecule has 7 heteroatoms. The molecule has 1 aromatic heterocycles. The highest BCUT2D eigenvalue weighted by Crippen LogP contribution is 2.35. The third kappa shape index (κ3) is 3.60. The standard InChI is InChI=1S/C20H18N4O2S/c1-26-13-6-7-18-19(12-13)27-20(22-18)24-23-17-9-8-16(21-10-11-25)14-4-2-3-5-15(14)17/h2-9,12,21,25H,10-11H2,1H3. The molecule has 0 aliphatic rings. The fourth-order valence-corrected chi connectivity index (χ4v) is 3.69. The van der Waals surface area contributed by atoms with E-state index in [1.54, 1.807) is 7.11 Å². The molecule has 1 heterocycles. The molecule has 27 heavy (non-hydrogen) atoms. The summed E-state index contributed by atoms with van der Waals surface area (Å²) >= 11 is 1.47. The van der Waals surface area contributed by atoms with Gasteiger partial charge in [0, 0.05) is 23.0 Å². The molecule has 0 spiro atoms. The van der Waals surface area contributed by atoms with Gasteiger partial charge in [0.2, 0.25) is 5.13 Å². The summed E-state index contributed by atoms with van der Waals surface area (Å²) in [6.45, 7) is 0.582. The van der Waals surface area contributed by atoms with E-state index < -0.39 is 0 Å². The lowest BCUT2D eigenvalue weighted by Crippen LogP contribution is -2.05. The Kier molecular flexibility index (Phi) is 4.95. The summed E-state index contributed by atoms with van der Waals surface area (Å²) in [6, 6.07) is 17.6. The Balaban J connectivity index is 1.68. The number of ether oxygens (including phenoxy) is 1. The van der Waals surface area contributed by atoms with Gasteiger partial charge in [-0.25, -0.2) is 4.98 Å². The molecule has 4 rings (SSSR count). The van der Waals surface area contributed by atoms with Crippen LogP contribution in [0.4, 0.5) is 16.5 Å². The summed E-state index contributed by atoms with van der Waals surface area (Å²) in [7, 11) is 1.65. The molecule has 0 radical (unpaired) electrons. The van der Waals surface area contributed by atoms with E-state index in [1.807, 2.05) is 54.6 Å². The van der Waals surface area contributed by atoms with Crippen molar-refractivity contribution in [1.82, 2.24) is 4.98 Å². The monoisotopic (exact) mass is 378 g/mol. The van der Waals surface area contributed by atoms with Crippen molar-refractivity contribution in [1.29, 1.82) is 0 Å². The normalized spacial score (nSPS) is 11.5. The molecule has 0 atom stereocenters. The van der Waals surface area contributed by atoms with E-state index in [1.165, 1.54) is 11.3 Å².